The number of amides is 1. The molecule has 2 aliphatic heterocycles. The fourth-order valence-corrected chi connectivity index (χ4v) is 3.06. The number of hydrogen-bond acceptors (Lipinski definition) is 3. The highest BCUT2D eigenvalue weighted by Gasteiger charge is 2.28. The molecule has 0 spiro atoms. The van der Waals surface area contributed by atoms with E-state index in [1.54, 1.807) is 0 Å². The number of carbonyl (C=O) groups is 1. The van der Waals surface area contributed by atoms with Crippen molar-refractivity contribution < 1.29 is 4.79 Å². The van der Waals surface area contributed by atoms with Gasteiger partial charge in [0.15, 0.2) is 0 Å². The Morgan fingerprint density at radius 3 is 2.37 bits per heavy atom. The number of nitrogens with zero attached hydrogens (tertiary/aromatic N) is 2. The lowest BCUT2D eigenvalue weighted by molar-refractivity contribution is -0.134. The molecule has 110 valence electrons. The highest BCUT2D eigenvalue weighted by atomic mass is 16.2. The number of piperidine rings is 1. The second kappa shape index (κ2) is 6.23. The van der Waals surface area contributed by atoms with Crippen molar-refractivity contribution in [3.05, 3.63) is 0 Å². The molecule has 4 heteroatoms. The van der Waals surface area contributed by atoms with Crippen molar-refractivity contribution in [3.63, 3.8) is 0 Å². The van der Waals surface area contributed by atoms with Gasteiger partial charge in [-0.15, -0.1) is 0 Å². The zero-order valence-corrected chi connectivity index (χ0v) is 12.7. The Bertz CT molecular complexity index is 297. The van der Waals surface area contributed by atoms with Crippen molar-refractivity contribution in [2.24, 2.45) is 0 Å². The first-order valence-corrected chi connectivity index (χ1v) is 7.73. The molecule has 4 nitrogen and oxygen atoms in total. The van der Waals surface area contributed by atoms with Crippen LogP contribution in [0, 0.1) is 0 Å². The van der Waals surface area contributed by atoms with E-state index in [1.807, 2.05) is 0 Å². The average Bonchev–Trinajstić information content (AvgIpc) is 2.39. The molecule has 1 amide bonds. The van der Waals surface area contributed by atoms with E-state index < -0.39 is 0 Å². The minimum Gasteiger partial charge on any atom is -0.340 e. The SMILES string of the molecule is CC(C)(C)N1CCN(C(=O)CC2CCCCN2)CC1. The monoisotopic (exact) mass is 267 g/mol. The van der Waals surface area contributed by atoms with E-state index in [0.717, 1.165) is 39.1 Å². The Morgan fingerprint density at radius 2 is 1.84 bits per heavy atom. The van der Waals surface area contributed by atoms with Gasteiger partial charge < -0.3 is 10.2 Å². The van der Waals surface area contributed by atoms with Crippen LogP contribution in [0.15, 0.2) is 0 Å². The molecule has 0 bridgehead atoms. The quantitative estimate of drug-likeness (QED) is 0.823. The van der Waals surface area contributed by atoms with Gasteiger partial charge in [0, 0.05) is 44.2 Å². The topological polar surface area (TPSA) is 35.6 Å². The molecule has 2 aliphatic rings. The number of carbonyl (C=O) groups excluding carboxylic acids is 1. The summed E-state index contributed by atoms with van der Waals surface area (Å²) in [6.07, 6.45) is 4.38. The molecule has 1 atom stereocenters. The van der Waals surface area contributed by atoms with Gasteiger partial charge in [-0.05, 0) is 40.2 Å². The minimum absolute atomic E-state index is 0.222. The lowest BCUT2D eigenvalue weighted by Crippen LogP contribution is -2.55. The van der Waals surface area contributed by atoms with Crippen molar-refractivity contribution >= 4 is 5.91 Å². The molecule has 0 radical (unpaired) electrons. The molecule has 0 aromatic rings. The zero-order valence-electron chi connectivity index (χ0n) is 12.7. The van der Waals surface area contributed by atoms with Gasteiger partial charge in [0.1, 0.15) is 0 Å². The van der Waals surface area contributed by atoms with Crippen LogP contribution in [0.1, 0.15) is 46.5 Å². The third-order valence-corrected chi connectivity index (χ3v) is 4.41. The molecular formula is C15H29N3O. The summed E-state index contributed by atoms with van der Waals surface area (Å²) in [5.74, 6) is 0.341. The van der Waals surface area contributed by atoms with E-state index in [-0.39, 0.29) is 5.54 Å². The summed E-state index contributed by atoms with van der Waals surface area (Å²) in [5.41, 5.74) is 0.222. The van der Waals surface area contributed by atoms with Gasteiger partial charge in [-0.25, -0.2) is 0 Å². The first-order chi connectivity index (χ1) is 8.97. The Balaban J connectivity index is 1.76. The highest BCUT2D eigenvalue weighted by molar-refractivity contribution is 5.77. The summed E-state index contributed by atoms with van der Waals surface area (Å²) in [6, 6.07) is 0.418. The Morgan fingerprint density at radius 1 is 1.16 bits per heavy atom. The summed E-state index contributed by atoms with van der Waals surface area (Å²) in [5, 5.41) is 3.46. The normalized spacial score (nSPS) is 26.5. The standard InChI is InChI=1S/C15H29N3O/c1-15(2,3)18-10-8-17(9-11-18)14(19)12-13-6-4-5-7-16-13/h13,16H,4-12H2,1-3H3. The van der Waals surface area contributed by atoms with Crippen molar-refractivity contribution in [2.75, 3.05) is 32.7 Å². The Hall–Kier alpha value is -0.610. The molecule has 2 heterocycles. The first kappa shape index (κ1) is 14.8. The lowest BCUT2D eigenvalue weighted by Gasteiger charge is -2.42. The predicted octanol–water partition coefficient (Wildman–Crippen LogP) is 1.46. The number of rotatable bonds is 2. The fourth-order valence-electron chi connectivity index (χ4n) is 3.06. The van der Waals surface area contributed by atoms with Gasteiger partial charge >= 0.3 is 0 Å². The third kappa shape index (κ3) is 4.18. The predicted molar refractivity (Wildman–Crippen MR) is 78.2 cm³/mol. The van der Waals surface area contributed by atoms with E-state index in [4.69, 9.17) is 0 Å². The smallest absolute Gasteiger partial charge is 0.224 e. The van der Waals surface area contributed by atoms with E-state index in [2.05, 4.69) is 35.9 Å². The molecule has 0 aliphatic carbocycles. The lowest BCUT2D eigenvalue weighted by atomic mass is 10.0. The maximum Gasteiger partial charge on any atom is 0.224 e. The van der Waals surface area contributed by atoms with Gasteiger partial charge in [0.2, 0.25) is 5.91 Å². The summed E-state index contributed by atoms with van der Waals surface area (Å²) >= 11 is 0. The first-order valence-electron chi connectivity index (χ1n) is 7.73. The molecule has 0 aromatic carbocycles. The van der Waals surface area contributed by atoms with Crippen LogP contribution in [-0.2, 0) is 4.79 Å². The molecule has 2 fully saturated rings. The Kier molecular flexibility index (Phi) is 4.85. The van der Waals surface area contributed by atoms with E-state index in [9.17, 15) is 4.79 Å². The molecule has 1 unspecified atom stereocenters. The van der Waals surface area contributed by atoms with E-state index in [1.165, 1.54) is 12.8 Å². The summed E-state index contributed by atoms with van der Waals surface area (Å²) in [4.78, 5) is 16.8. The number of nitrogens with one attached hydrogen (secondary N) is 1. The molecule has 0 saturated carbocycles. The Labute approximate surface area is 117 Å². The molecular weight excluding hydrogens is 238 g/mol. The minimum atomic E-state index is 0.222. The average molecular weight is 267 g/mol. The van der Waals surface area contributed by atoms with Crippen LogP contribution in [-0.4, -0.2) is 60.0 Å². The second-order valence-corrected chi connectivity index (χ2v) is 6.89. The summed E-state index contributed by atoms with van der Waals surface area (Å²) in [7, 11) is 0. The van der Waals surface area contributed by atoms with Crippen LogP contribution in [0.3, 0.4) is 0 Å². The van der Waals surface area contributed by atoms with Crippen molar-refractivity contribution in [3.8, 4) is 0 Å². The maximum atomic E-state index is 12.3. The second-order valence-electron chi connectivity index (χ2n) is 6.89. The fraction of sp³-hybridized carbons (Fsp3) is 0.933. The number of piperazine rings is 1. The van der Waals surface area contributed by atoms with Gasteiger partial charge in [0.25, 0.3) is 0 Å². The van der Waals surface area contributed by atoms with E-state index in [0.29, 0.717) is 18.4 Å². The van der Waals surface area contributed by atoms with E-state index >= 15 is 0 Å². The van der Waals surface area contributed by atoms with Crippen LogP contribution < -0.4 is 5.32 Å². The van der Waals surface area contributed by atoms with Gasteiger partial charge in [-0.3, -0.25) is 9.69 Å². The van der Waals surface area contributed by atoms with Gasteiger partial charge in [-0.1, -0.05) is 6.42 Å². The van der Waals surface area contributed by atoms with Crippen molar-refractivity contribution in [2.45, 2.75) is 58.0 Å². The zero-order chi connectivity index (χ0) is 13.9. The van der Waals surface area contributed by atoms with Crippen LogP contribution in [0.5, 0.6) is 0 Å². The maximum absolute atomic E-state index is 12.3. The molecule has 2 saturated heterocycles. The highest BCUT2D eigenvalue weighted by Crippen LogP contribution is 2.17. The molecule has 1 N–H and O–H groups in total. The summed E-state index contributed by atoms with van der Waals surface area (Å²) < 4.78 is 0. The van der Waals surface area contributed by atoms with Crippen LogP contribution in [0.2, 0.25) is 0 Å². The molecule has 2 rings (SSSR count). The van der Waals surface area contributed by atoms with Gasteiger partial charge in [0.05, 0.1) is 0 Å². The third-order valence-electron chi connectivity index (χ3n) is 4.41. The largest absolute Gasteiger partial charge is 0.340 e. The summed E-state index contributed by atoms with van der Waals surface area (Å²) in [6.45, 7) is 11.6. The van der Waals surface area contributed by atoms with Crippen LogP contribution in [0.4, 0.5) is 0 Å². The van der Waals surface area contributed by atoms with Crippen molar-refractivity contribution in [1.29, 1.82) is 0 Å². The number of hydrogen-bond donors (Lipinski definition) is 1. The van der Waals surface area contributed by atoms with Crippen LogP contribution >= 0.6 is 0 Å². The molecule has 0 aromatic heterocycles. The van der Waals surface area contributed by atoms with Crippen LogP contribution in [0.25, 0.3) is 0 Å². The van der Waals surface area contributed by atoms with Gasteiger partial charge in [-0.2, -0.15) is 0 Å². The van der Waals surface area contributed by atoms with Crippen molar-refractivity contribution in [1.82, 2.24) is 15.1 Å². The molecule has 19 heavy (non-hydrogen) atoms.